The zero-order chi connectivity index (χ0) is 14.1. The van der Waals surface area contributed by atoms with Gasteiger partial charge in [0.2, 0.25) is 5.95 Å². The van der Waals surface area contributed by atoms with Crippen LogP contribution in [0.1, 0.15) is 31.6 Å². The average Bonchev–Trinajstić information content (AvgIpc) is 2.91. The Bertz CT molecular complexity index is 567. The van der Waals surface area contributed by atoms with E-state index in [0.29, 0.717) is 11.1 Å². The Morgan fingerprint density at radius 1 is 1.45 bits per heavy atom. The number of piperidine rings is 1. The van der Waals surface area contributed by atoms with Crippen LogP contribution in [0, 0.1) is 5.92 Å². The summed E-state index contributed by atoms with van der Waals surface area (Å²) in [5.41, 5.74) is 5.70. The van der Waals surface area contributed by atoms with Crippen molar-refractivity contribution in [1.29, 1.82) is 0 Å². The highest BCUT2D eigenvalue weighted by Gasteiger charge is 2.30. The van der Waals surface area contributed by atoms with Gasteiger partial charge in [0.25, 0.3) is 0 Å². The minimum Gasteiger partial charge on any atom is -0.467 e. The highest BCUT2D eigenvalue weighted by molar-refractivity contribution is 6.29. The van der Waals surface area contributed by atoms with Crippen molar-refractivity contribution in [2.45, 2.75) is 25.8 Å². The van der Waals surface area contributed by atoms with Crippen LogP contribution in [0.25, 0.3) is 0 Å². The van der Waals surface area contributed by atoms with Crippen LogP contribution >= 0.6 is 11.6 Å². The first-order valence-corrected chi connectivity index (χ1v) is 7.11. The van der Waals surface area contributed by atoms with Crippen LogP contribution in [0.2, 0.25) is 5.15 Å². The molecule has 0 spiro atoms. The minimum absolute atomic E-state index is 0.166. The number of nitrogens with two attached hydrogens (primary N) is 1. The SMILES string of the molecule is CC1CCN(c2cc(Cl)nc(N)n2)C(c2ccco2)C1. The van der Waals surface area contributed by atoms with Crippen molar-refractivity contribution < 1.29 is 4.42 Å². The van der Waals surface area contributed by atoms with Gasteiger partial charge in [-0.1, -0.05) is 18.5 Å². The second-order valence-corrected chi connectivity index (χ2v) is 5.65. The van der Waals surface area contributed by atoms with E-state index in [4.69, 9.17) is 21.8 Å². The molecule has 1 aliphatic rings. The molecule has 0 bridgehead atoms. The van der Waals surface area contributed by atoms with Crippen LogP contribution in [-0.2, 0) is 0 Å². The largest absolute Gasteiger partial charge is 0.467 e. The molecule has 2 aromatic rings. The smallest absolute Gasteiger partial charge is 0.223 e. The molecule has 0 aromatic carbocycles. The molecule has 0 radical (unpaired) electrons. The summed E-state index contributed by atoms with van der Waals surface area (Å²) >= 11 is 5.99. The second kappa shape index (κ2) is 5.32. The maximum absolute atomic E-state index is 5.99. The number of furan rings is 1. The van der Waals surface area contributed by atoms with Crippen molar-refractivity contribution in [2.75, 3.05) is 17.2 Å². The van der Waals surface area contributed by atoms with Gasteiger partial charge in [-0.2, -0.15) is 4.98 Å². The maximum Gasteiger partial charge on any atom is 0.223 e. The number of halogens is 1. The Morgan fingerprint density at radius 2 is 2.30 bits per heavy atom. The number of hydrogen-bond donors (Lipinski definition) is 1. The molecule has 5 nitrogen and oxygen atoms in total. The summed E-state index contributed by atoms with van der Waals surface area (Å²) in [5.74, 6) is 2.56. The molecule has 106 valence electrons. The first-order valence-electron chi connectivity index (χ1n) is 6.73. The summed E-state index contributed by atoms with van der Waals surface area (Å²) in [6.07, 6.45) is 3.84. The molecule has 3 heterocycles. The zero-order valence-electron chi connectivity index (χ0n) is 11.3. The summed E-state index contributed by atoms with van der Waals surface area (Å²) in [7, 11) is 0. The Kier molecular flexibility index (Phi) is 3.53. The van der Waals surface area contributed by atoms with Gasteiger partial charge in [0.1, 0.15) is 16.7 Å². The van der Waals surface area contributed by atoms with Gasteiger partial charge in [-0.15, -0.1) is 0 Å². The van der Waals surface area contributed by atoms with E-state index in [1.54, 1.807) is 12.3 Å². The van der Waals surface area contributed by atoms with E-state index < -0.39 is 0 Å². The molecule has 0 aliphatic carbocycles. The molecule has 2 unspecified atom stereocenters. The highest BCUT2D eigenvalue weighted by atomic mass is 35.5. The third-order valence-electron chi connectivity index (χ3n) is 3.73. The lowest BCUT2D eigenvalue weighted by Gasteiger charge is -2.38. The molecule has 1 fully saturated rings. The summed E-state index contributed by atoms with van der Waals surface area (Å²) in [6.45, 7) is 3.16. The number of rotatable bonds is 2. The molecule has 6 heteroatoms. The summed E-state index contributed by atoms with van der Waals surface area (Å²) in [4.78, 5) is 10.4. The van der Waals surface area contributed by atoms with Crippen molar-refractivity contribution in [3.63, 3.8) is 0 Å². The molecule has 1 aliphatic heterocycles. The third-order valence-corrected chi connectivity index (χ3v) is 3.92. The van der Waals surface area contributed by atoms with Crippen molar-refractivity contribution in [3.8, 4) is 0 Å². The van der Waals surface area contributed by atoms with Gasteiger partial charge in [-0.05, 0) is 30.9 Å². The lowest BCUT2D eigenvalue weighted by atomic mass is 9.91. The molecule has 2 N–H and O–H groups in total. The Morgan fingerprint density at radius 3 is 3.00 bits per heavy atom. The molecule has 3 rings (SSSR count). The van der Waals surface area contributed by atoms with Crippen LogP contribution in [0.15, 0.2) is 28.9 Å². The third kappa shape index (κ3) is 2.58. The van der Waals surface area contributed by atoms with E-state index in [1.807, 2.05) is 12.1 Å². The molecule has 2 aromatic heterocycles. The van der Waals surface area contributed by atoms with Gasteiger partial charge in [-0.3, -0.25) is 0 Å². The quantitative estimate of drug-likeness (QED) is 0.860. The Balaban J connectivity index is 1.96. The van der Waals surface area contributed by atoms with Crippen LogP contribution in [0.3, 0.4) is 0 Å². The van der Waals surface area contributed by atoms with Gasteiger partial charge < -0.3 is 15.1 Å². The predicted molar refractivity (Wildman–Crippen MR) is 78.6 cm³/mol. The van der Waals surface area contributed by atoms with Gasteiger partial charge in [-0.25, -0.2) is 4.98 Å². The molecule has 1 saturated heterocycles. The second-order valence-electron chi connectivity index (χ2n) is 5.26. The standard InChI is InChI=1S/C14H17ClN4O/c1-9-4-5-19(10(7-9)11-3-2-6-20-11)13-8-12(15)17-14(16)18-13/h2-3,6,8-10H,4-5,7H2,1H3,(H2,16,17,18). The minimum atomic E-state index is 0.166. The summed E-state index contributed by atoms with van der Waals surface area (Å²) < 4.78 is 5.58. The normalized spacial score (nSPS) is 23.0. The van der Waals surface area contributed by atoms with E-state index in [1.165, 1.54) is 0 Å². The van der Waals surface area contributed by atoms with Gasteiger partial charge >= 0.3 is 0 Å². The lowest BCUT2D eigenvalue weighted by molar-refractivity contribution is 0.327. The van der Waals surface area contributed by atoms with Crippen LogP contribution in [0.4, 0.5) is 11.8 Å². The fourth-order valence-electron chi connectivity index (χ4n) is 2.74. The van der Waals surface area contributed by atoms with Crippen molar-refractivity contribution in [3.05, 3.63) is 35.4 Å². The van der Waals surface area contributed by atoms with Crippen LogP contribution in [-0.4, -0.2) is 16.5 Å². The number of anilines is 2. The van der Waals surface area contributed by atoms with Crippen molar-refractivity contribution >= 4 is 23.4 Å². The average molecular weight is 293 g/mol. The number of aromatic nitrogens is 2. The van der Waals surface area contributed by atoms with E-state index in [-0.39, 0.29) is 12.0 Å². The predicted octanol–water partition coefficient (Wildman–Crippen LogP) is 3.28. The van der Waals surface area contributed by atoms with Crippen molar-refractivity contribution in [2.24, 2.45) is 5.92 Å². The number of nitrogen functional groups attached to an aromatic ring is 1. The van der Waals surface area contributed by atoms with Crippen LogP contribution < -0.4 is 10.6 Å². The summed E-state index contributed by atoms with van der Waals surface area (Å²) in [6, 6.07) is 5.83. The molecular weight excluding hydrogens is 276 g/mol. The van der Waals surface area contributed by atoms with Crippen molar-refractivity contribution in [1.82, 2.24) is 9.97 Å². The van der Waals surface area contributed by atoms with Gasteiger partial charge in [0.05, 0.1) is 12.3 Å². The zero-order valence-corrected chi connectivity index (χ0v) is 12.0. The van der Waals surface area contributed by atoms with Crippen LogP contribution in [0.5, 0.6) is 0 Å². The maximum atomic E-state index is 5.99. The summed E-state index contributed by atoms with van der Waals surface area (Å²) in [5, 5.41) is 0.365. The monoisotopic (exact) mass is 292 g/mol. The molecule has 0 saturated carbocycles. The highest BCUT2D eigenvalue weighted by Crippen LogP contribution is 2.37. The molecule has 2 atom stereocenters. The van der Waals surface area contributed by atoms with E-state index in [0.717, 1.165) is 31.0 Å². The Hall–Kier alpha value is -1.75. The van der Waals surface area contributed by atoms with E-state index >= 15 is 0 Å². The topological polar surface area (TPSA) is 68.2 Å². The first kappa shape index (κ1) is 13.2. The van der Waals surface area contributed by atoms with E-state index in [9.17, 15) is 0 Å². The number of nitrogens with zero attached hydrogens (tertiary/aromatic N) is 3. The van der Waals surface area contributed by atoms with Gasteiger partial charge in [0, 0.05) is 12.6 Å². The van der Waals surface area contributed by atoms with Gasteiger partial charge in [0.15, 0.2) is 0 Å². The molecular formula is C14H17ClN4O. The fourth-order valence-corrected chi connectivity index (χ4v) is 2.92. The molecule has 20 heavy (non-hydrogen) atoms. The Labute approximate surface area is 122 Å². The lowest BCUT2D eigenvalue weighted by Crippen LogP contribution is -2.36. The molecule has 0 amide bonds. The van der Waals surface area contributed by atoms with E-state index in [2.05, 4.69) is 21.8 Å². The first-order chi connectivity index (χ1) is 9.63. The fraction of sp³-hybridized carbons (Fsp3) is 0.429. The number of hydrogen-bond acceptors (Lipinski definition) is 5.